The van der Waals surface area contributed by atoms with Crippen LogP contribution in [0.3, 0.4) is 0 Å². The molecule has 0 saturated carbocycles. The molecule has 6 heteroatoms. The molecule has 0 spiro atoms. The van der Waals surface area contributed by atoms with Gasteiger partial charge in [-0.05, 0) is 12.1 Å². The summed E-state index contributed by atoms with van der Waals surface area (Å²) in [6, 6.07) is 4.62. The van der Waals surface area contributed by atoms with E-state index in [1.54, 1.807) is 6.07 Å². The SMILES string of the molecule is OCCn1c(CN2CCNCC2)nc2cc(F)ccc21. The smallest absolute Gasteiger partial charge is 0.125 e. The number of aliphatic hydroxyl groups excluding tert-OH is 1. The molecular weight excluding hydrogens is 259 g/mol. The van der Waals surface area contributed by atoms with Gasteiger partial charge in [0.05, 0.1) is 24.2 Å². The molecule has 0 amide bonds. The van der Waals surface area contributed by atoms with Gasteiger partial charge in [0.15, 0.2) is 0 Å². The summed E-state index contributed by atoms with van der Waals surface area (Å²) in [6.07, 6.45) is 0. The number of nitrogens with zero attached hydrogens (tertiary/aromatic N) is 3. The Morgan fingerprint density at radius 3 is 2.85 bits per heavy atom. The van der Waals surface area contributed by atoms with Crippen LogP contribution in [0.25, 0.3) is 11.0 Å². The third-order valence-corrected chi connectivity index (χ3v) is 3.69. The van der Waals surface area contributed by atoms with Crippen LogP contribution < -0.4 is 5.32 Å². The third-order valence-electron chi connectivity index (χ3n) is 3.69. The number of aromatic nitrogens is 2. The van der Waals surface area contributed by atoms with Gasteiger partial charge in [-0.1, -0.05) is 0 Å². The van der Waals surface area contributed by atoms with Crippen LogP contribution in [0.2, 0.25) is 0 Å². The maximum atomic E-state index is 13.3. The van der Waals surface area contributed by atoms with Crippen LogP contribution in [0.1, 0.15) is 5.82 Å². The van der Waals surface area contributed by atoms with Gasteiger partial charge in [-0.3, -0.25) is 4.90 Å². The van der Waals surface area contributed by atoms with Gasteiger partial charge in [0, 0.05) is 38.8 Å². The highest BCUT2D eigenvalue weighted by Crippen LogP contribution is 2.18. The highest BCUT2D eigenvalue weighted by atomic mass is 19.1. The topological polar surface area (TPSA) is 53.3 Å². The molecule has 1 saturated heterocycles. The first-order valence-electron chi connectivity index (χ1n) is 6.96. The number of nitrogens with one attached hydrogen (secondary N) is 1. The molecule has 0 radical (unpaired) electrons. The number of rotatable bonds is 4. The summed E-state index contributed by atoms with van der Waals surface area (Å²) < 4.78 is 15.3. The molecular formula is C14H19FN4O. The van der Waals surface area contributed by atoms with E-state index in [2.05, 4.69) is 15.2 Å². The van der Waals surface area contributed by atoms with Gasteiger partial charge in [-0.25, -0.2) is 9.37 Å². The monoisotopic (exact) mass is 278 g/mol. The predicted octanol–water partition coefficient (Wildman–Crippen LogP) is 0.573. The van der Waals surface area contributed by atoms with Crippen LogP contribution >= 0.6 is 0 Å². The minimum absolute atomic E-state index is 0.0530. The van der Waals surface area contributed by atoms with E-state index >= 15 is 0 Å². The molecule has 1 aliphatic heterocycles. The van der Waals surface area contributed by atoms with Gasteiger partial charge in [0.1, 0.15) is 11.6 Å². The van der Waals surface area contributed by atoms with E-state index in [1.807, 2.05) is 4.57 Å². The van der Waals surface area contributed by atoms with Gasteiger partial charge in [-0.15, -0.1) is 0 Å². The Labute approximate surface area is 117 Å². The molecule has 5 nitrogen and oxygen atoms in total. The van der Waals surface area contributed by atoms with Crippen molar-refractivity contribution in [1.82, 2.24) is 19.8 Å². The highest BCUT2D eigenvalue weighted by Gasteiger charge is 2.16. The largest absolute Gasteiger partial charge is 0.395 e. The Morgan fingerprint density at radius 1 is 1.30 bits per heavy atom. The van der Waals surface area contributed by atoms with E-state index in [0.29, 0.717) is 12.1 Å². The van der Waals surface area contributed by atoms with E-state index in [9.17, 15) is 9.50 Å². The Bertz CT molecular complexity index is 592. The molecule has 0 aliphatic carbocycles. The number of hydrogen-bond donors (Lipinski definition) is 2. The van der Waals surface area contributed by atoms with Crippen molar-refractivity contribution >= 4 is 11.0 Å². The number of piperazine rings is 1. The normalized spacial score (nSPS) is 16.9. The summed E-state index contributed by atoms with van der Waals surface area (Å²) in [5, 5.41) is 12.6. The van der Waals surface area contributed by atoms with Gasteiger partial charge >= 0.3 is 0 Å². The molecule has 0 atom stereocenters. The minimum atomic E-state index is -0.278. The predicted molar refractivity (Wildman–Crippen MR) is 74.9 cm³/mol. The Morgan fingerprint density at radius 2 is 2.10 bits per heavy atom. The van der Waals surface area contributed by atoms with Crippen LogP contribution in [0.5, 0.6) is 0 Å². The lowest BCUT2D eigenvalue weighted by Gasteiger charge is -2.26. The maximum Gasteiger partial charge on any atom is 0.125 e. The van der Waals surface area contributed by atoms with Crippen molar-refractivity contribution in [2.24, 2.45) is 0 Å². The minimum Gasteiger partial charge on any atom is -0.395 e. The number of aliphatic hydroxyl groups is 1. The van der Waals surface area contributed by atoms with Crippen molar-refractivity contribution in [3.63, 3.8) is 0 Å². The zero-order valence-electron chi connectivity index (χ0n) is 11.3. The van der Waals surface area contributed by atoms with Crippen molar-refractivity contribution in [2.45, 2.75) is 13.1 Å². The maximum absolute atomic E-state index is 13.3. The lowest BCUT2D eigenvalue weighted by Crippen LogP contribution is -2.43. The summed E-state index contributed by atoms with van der Waals surface area (Å²) in [7, 11) is 0. The standard InChI is InChI=1S/C14H19FN4O/c15-11-1-2-13-12(9-11)17-14(19(13)7-8-20)10-18-5-3-16-4-6-18/h1-2,9,16,20H,3-8,10H2. The van der Waals surface area contributed by atoms with Crippen molar-refractivity contribution < 1.29 is 9.50 Å². The Kier molecular flexibility index (Phi) is 3.95. The van der Waals surface area contributed by atoms with Crippen LogP contribution in [0, 0.1) is 5.82 Å². The quantitative estimate of drug-likeness (QED) is 0.859. The van der Waals surface area contributed by atoms with E-state index < -0.39 is 0 Å². The number of halogens is 1. The number of fused-ring (bicyclic) bond motifs is 1. The van der Waals surface area contributed by atoms with E-state index in [4.69, 9.17) is 0 Å². The first-order chi connectivity index (χ1) is 9.78. The Balaban J connectivity index is 1.93. The van der Waals surface area contributed by atoms with Crippen LogP contribution in [-0.4, -0.2) is 52.3 Å². The number of hydrogen-bond acceptors (Lipinski definition) is 4. The summed E-state index contributed by atoms with van der Waals surface area (Å²) in [4.78, 5) is 6.86. The van der Waals surface area contributed by atoms with E-state index in [-0.39, 0.29) is 12.4 Å². The highest BCUT2D eigenvalue weighted by molar-refractivity contribution is 5.76. The van der Waals surface area contributed by atoms with Crippen LogP contribution in [0.15, 0.2) is 18.2 Å². The molecule has 1 fully saturated rings. The molecule has 0 bridgehead atoms. The van der Waals surface area contributed by atoms with Crippen LogP contribution in [-0.2, 0) is 13.1 Å². The molecule has 3 rings (SSSR count). The fourth-order valence-electron chi connectivity index (χ4n) is 2.69. The van der Waals surface area contributed by atoms with Crippen molar-refractivity contribution in [3.8, 4) is 0 Å². The molecule has 2 heterocycles. The lowest BCUT2D eigenvalue weighted by molar-refractivity contribution is 0.221. The zero-order chi connectivity index (χ0) is 13.9. The molecule has 20 heavy (non-hydrogen) atoms. The van der Waals surface area contributed by atoms with Crippen molar-refractivity contribution in [3.05, 3.63) is 29.8 Å². The fourth-order valence-corrected chi connectivity index (χ4v) is 2.69. The van der Waals surface area contributed by atoms with Gasteiger partial charge < -0.3 is 15.0 Å². The van der Waals surface area contributed by atoms with E-state index in [0.717, 1.165) is 44.1 Å². The molecule has 108 valence electrons. The first kappa shape index (κ1) is 13.5. The second-order valence-corrected chi connectivity index (χ2v) is 5.06. The van der Waals surface area contributed by atoms with Crippen molar-refractivity contribution in [1.29, 1.82) is 0 Å². The van der Waals surface area contributed by atoms with Gasteiger partial charge in [0.2, 0.25) is 0 Å². The van der Waals surface area contributed by atoms with Gasteiger partial charge in [-0.2, -0.15) is 0 Å². The molecule has 1 aromatic heterocycles. The Hall–Kier alpha value is -1.50. The summed E-state index contributed by atoms with van der Waals surface area (Å²) in [5.41, 5.74) is 1.54. The second kappa shape index (κ2) is 5.87. The van der Waals surface area contributed by atoms with Gasteiger partial charge in [0.25, 0.3) is 0 Å². The molecule has 2 N–H and O–H groups in total. The fraction of sp³-hybridized carbons (Fsp3) is 0.500. The lowest BCUT2D eigenvalue weighted by atomic mass is 10.3. The summed E-state index contributed by atoms with van der Waals surface area (Å²) in [5.74, 6) is 0.612. The second-order valence-electron chi connectivity index (χ2n) is 5.06. The van der Waals surface area contributed by atoms with Crippen LogP contribution in [0.4, 0.5) is 4.39 Å². The zero-order valence-corrected chi connectivity index (χ0v) is 11.3. The summed E-state index contributed by atoms with van der Waals surface area (Å²) in [6.45, 7) is 5.20. The number of benzene rings is 1. The average molecular weight is 278 g/mol. The molecule has 1 aromatic carbocycles. The van der Waals surface area contributed by atoms with E-state index in [1.165, 1.54) is 12.1 Å². The third kappa shape index (κ3) is 2.67. The number of imidazole rings is 1. The van der Waals surface area contributed by atoms with Crippen molar-refractivity contribution in [2.75, 3.05) is 32.8 Å². The molecule has 2 aromatic rings. The average Bonchev–Trinajstić information content (AvgIpc) is 2.77. The molecule has 0 unspecified atom stereocenters. The summed E-state index contributed by atoms with van der Waals surface area (Å²) >= 11 is 0. The molecule has 1 aliphatic rings. The first-order valence-corrected chi connectivity index (χ1v) is 6.96.